The Morgan fingerprint density at radius 2 is 1.95 bits per heavy atom. The number of aliphatic hydroxyl groups is 1. The lowest BCUT2D eigenvalue weighted by Crippen LogP contribution is -2.46. The van der Waals surface area contributed by atoms with Crippen molar-refractivity contribution in [2.75, 3.05) is 6.54 Å². The van der Waals surface area contributed by atoms with Gasteiger partial charge in [-0.2, -0.15) is 0 Å². The maximum atomic E-state index is 14.2. The number of amides is 1. The molecular weight excluding hydrogens is 511 g/mol. The molecule has 1 saturated heterocycles. The van der Waals surface area contributed by atoms with E-state index in [0.29, 0.717) is 34.3 Å². The maximum absolute atomic E-state index is 14.2. The van der Waals surface area contributed by atoms with Crippen molar-refractivity contribution in [3.63, 3.8) is 0 Å². The highest BCUT2D eigenvalue weighted by Crippen LogP contribution is 2.38. The standard InChI is InChI=1S/C28H30ClFN4O4/c1-15(2)23(25-24(29)16(3)32-37-25)27(36)34-14-19(35)13-22(34)26-31-28(4,38-33-26)18-11-9-17(10-12-18)20-7-5-6-8-21(20)30/h5-12,15,19,22-23,35H,13-14H2,1-4H3,(H,31,33)/t19-,22?,23-,28?/m1/s1. The lowest BCUT2D eigenvalue weighted by atomic mass is 9.91. The fourth-order valence-corrected chi connectivity index (χ4v) is 5.30. The molecule has 1 fully saturated rings. The van der Waals surface area contributed by atoms with Crippen LogP contribution in [0.25, 0.3) is 11.1 Å². The summed E-state index contributed by atoms with van der Waals surface area (Å²) in [6.45, 7) is 7.49. The Bertz CT molecular complexity index is 1380. The molecule has 0 radical (unpaired) electrons. The summed E-state index contributed by atoms with van der Waals surface area (Å²) in [7, 11) is 0. The van der Waals surface area contributed by atoms with Gasteiger partial charge in [0.25, 0.3) is 0 Å². The second kappa shape index (κ2) is 10.1. The highest BCUT2D eigenvalue weighted by molar-refractivity contribution is 6.32. The molecule has 8 nitrogen and oxygen atoms in total. The van der Waals surface area contributed by atoms with Gasteiger partial charge in [0.15, 0.2) is 5.76 Å². The number of carbonyl (C=O) groups is 1. The third-order valence-corrected chi connectivity index (χ3v) is 7.66. The van der Waals surface area contributed by atoms with E-state index >= 15 is 0 Å². The third kappa shape index (κ3) is 4.70. The first-order valence-electron chi connectivity index (χ1n) is 12.6. The Labute approximate surface area is 225 Å². The van der Waals surface area contributed by atoms with Gasteiger partial charge in [0, 0.05) is 24.1 Å². The largest absolute Gasteiger partial charge is 0.391 e. The highest BCUT2D eigenvalue weighted by Gasteiger charge is 2.46. The molecule has 2 aliphatic rings. The fraction of sp³-hybridized carbons (Fsp3) is 0.393. The molecule has 0 bridgehead atoms. The molecule has 0 spiro atoms. The summed E-state index contributed by atoms with van der Waals surface area (Å²) in [5.41, 5.74) is 4.34. The predicted octanol–water partition coefficient (Wildman–Crippen LogP) is 4.95. The van der Waals surface area contributed by atoms with Crippen LogP contribution in [0.15, 0.2) is 58.0 Å². The first kappa shape index (κ1) is 26.3. The molecule has 1 amide bonds. The SMILES string of the molecule is Cc1noc([C@H](C(=O)N2C[C@H](O)CC2C2=NC(C)(c3ccc(-c4ccccc4F)cc3)ON2)C(C)C)c1Cl. The Hall–Kier alpha value is -3.27. The Morgan fingerprint density at radius 1 is 1.24 bits per heavy atom. The van der Waals surface area contributed by atoms with Crippen LogP contribution in [0.3, 0.4) is 0 Å². The summed E-state index contributed by atoms with van der Waals surface area (Å²) in [5.74, 6) is -0.557. The number of nitrogens with one attached hydrogen (secondary N) is 1. The zero-order valence-corrected chi connectivity index (χ0v) is 22.4. The van der Waals surface area contributed by atoms with E-state index < -0.39 is 23.8 Å². The number of aromatic nitrogens is 1. The van der Waals surface area contributed by atoms with Crippen molar-refractivity contribution in [2.45, 2.75) is 57.9 Å². The summed E-state index contributed by atoms with van der Waals surface area (Å²) < 4.78 is 19.7. The van der Waals surface area contributed by atoms with E-state index in [1.165, 1.54) is 6.07 Å². The minimum atomic E-state index is -1.08. The summed E-state index contributed by atoms with van der Waals surface area (Å²) in [6.07, 6.45) is -0.419. The monoisotopic (exact) mass is 540 g/mol. The van der Waals surface area contributed by atoms with Crippen molar-refractivity contribution in [1.82, 2.24) is 15.5 Å². The maximum Gasteiger partial charge on any atom is 0.234 e. The minimum absolute atomic E-state index is 0.126. The van der Waals surface area contributed by atoms with E-state index in [4.69, 9.17) is 26.0 Å². The van der Waals surface area contributed by atoms with Crippen molar-refractivity contribution in [2.24, 2.45) is 10.9 Å². The van der Waals surface area contributed by atoms with E-state index in [2.05, 4.69) is 10.6 Å². The predicted molar refractivity (Wildman–Crippen MR) is 141 cm³/mol. The molecule has 2 aliphatic heterocycles. The lowest BCUT2D eigenvalue weighted by Gasteiger charge is -2.29. The topological polar surface area (TPSA) is 100 Å². The molecule has 3 heterocycles. The number of β-amino-alcohol motifs (C(OH)–C–C–N with tert-alkyl or cyclic N) is 1. The van der Waals surface area contributed by atoms with E-state index in [1.54, 1.807) is 36.9 Å². The van der Waals surface area contributed by atoms with E-state index in [0.717, 1.165) is 11.1 Å². The van der Waals surface area contributed by atoms with Crippen LogP contribution in [0.2, 0.25) is 5.02 Å². The van der Waals surface area contributed by atoms with Crippen LogP contribution in [0.1, 0.15) is 50.1 Å². The van der Waals surface area contributed by atoms with Gasteiger partial charge in [-0.3, -0.25) is 4.79 Å². The van der Waals surface area contributed by atoms with Gasteiger partial charge in [-0.05, 0) is 31.4 Å². The van der Waals surface area contributed by atoms with Gasteiger partial charge >= 0.3 is 0 Å². The van der Waals surface area contributed by atoms with Crippen molar-refractivity contribution >= 4 is 23.3 Å². The van der Waals surface area contributed by atoms with Crippen LogP contribution in [-0.4, -0.2) is 45.6 Å². The van der Waals surface area contributed by atoms with Gasteiger partial charge < -0.3 is 14.5 Å². The van der Waals surface area contributed by atoms with Crippen molar-refractivity contribution < 1.29 is 23.7 Å². The Kier molecular flexibility index (Phi) is 7.02. The van der Waals surface area contributed by atoms with Gasteiger partial charge in [0.05, 0.1) is 17.8 Å². The average molecular weight is 541 g/mol. The van der Waals surface area contributed by atoms with Gasteiger partial charge in [-0.15, -0.1) is 0 Å². The van der Waals surface area contributed by atoms with Gasteiger partial charge in [0.1, 0.15) is 22.6 Å². The molecule has 38 heavy (non-hydrogen) atoms. The van der Waals surface area contributed by atoms with Crippen LogP contribution in [0.4, 0.5) is 4.39 Å². The zero-order valence-electron chi connectivity index (χ0n) is 21.6. The summed E-state index contributed by atoms with van der Waals surface area (Å²) in [4.78, 5) is 26.1. The molecule has 0 saturated carbocycles. The second-order valence-electron chi connectivity index (χ2n) is 10.3. The summed E-state index contributed by atoms with van der Waals surface area (Å²) >= 11 is 6.40. The fourth-order valence-electron chi connectivity index (χ4n) is 5.11. The zero-order chi connectivity index (χ0) is 27.2. The van der Waals surface area contributed by atoms with E-state index in [-0.39, 0.29) is 24.2 Å². The number of halogens is 2. The third-order valence-electron chi connectivity index (χ3n) is 7.20. The number of hydrogen-bond acceptors (Lipinski definition) is 7. The highest BCUT2D eigenvalue weighted by atomic mass is 35.5. The molecule has 2 N–H and O–H groups in total. The molecule has 200 valence electrons. The second-order valence-corrected chi connectivity index (χ2v) is 10.7. The number of benzene rings is 2. The number of nitrogens with zero attached hydrogens (tertiary/aromatic N) is 3. The lowest BCUT2D eigenvalue weighted by molar-refractivity contribution is -0.134. The number of likely N-dealkylation sites (tertiary alicyclic amines) is 1. The first-order valence-corrected chi connectivity index (χ1v) is 13.0. The molecule has 2 aromatic carbocycles. The summed E-state index contributed by atoms with van der Waals surface area (Å²) in [6, 6.07) is 13.4. The number of carbonyl (C=O) groups excluding carboxylic acids is 1. The van der Waals surface area contributed by atoms with Crippen LogP contribution >= 0.6 is 11.6 Å². The number of amidine groups is 1. The van der Waals surface area contributed by atoms with Crippen LogP contribution < -0.4 is 5.48 Å². The van der Waals surface area contributed by atoms with Crippen LogP contribution in [-0.2, 0) is 15.4 Å². The molecule has 3 aromatic rings. The smallest absolute Gasteiger partial charge is 0.234 e. The Balaban J connectivity index is 1.41. The van der Waals surface area contributed by atoms with Gasteiger partial charge in [-0.1, -0.05) is 73.1 Å². The molecule has 0 aliphatic carbocycles. The normalized spacial score (nSPS) is 24.0. The van der Waals surface area contributed by atoms with E-state index in [9.17, 15) is 14.3 Å². The number of hydrogen-bond donors (Lipinski definition) is 2. The number of aryl methyl sites for hydroxylation is 1. The van der Waals surface area contributed by atoms with Gasteiger partial charge in [0.2, 0.25) is 11.6 Å². The van der Waals surface area contributed by atoms with Crippen molar-refractivity contribution in [3.05, 3.63) is 76.4 Å². The number of aliphatic hydroxyl groups excluding tert-OH is 1. The van der Waals surface area contributed by atoms with Gasteiger partial charge in [-0.25, -0.2) is 19.7 Å². The molecule has 1 aromatic heterocycles. The molecular formula is C28H30ClFN4O4. The Morgan fingerprint density at radius 3 is 2.58 bits per heavy atom. The average Bonchev–Trinajstić information content (AvgIpc) is 3.58. The number of rotatable bonds is 6. The molecule has 2 unspecified atom stereocenters. The van der Waals surface area contributed by atoms with E-state index in [1.807, 2.05) is 38.1 Å². The molecule has 4 atom stereocenters. The van der Waals surface area contributed by atoms with Crippen molar-refractivity contribution in [1.29, 1.82) is 0 Å². The number of aliphatic imine (C=N–C) groups is 1. The molecule has 5 rings (SSSR count). The minimum Gasteiger partial charge on any atom is -0.391 e. The van der Waals surface area contributed by atoms with Crippen LogP contribution in [0, 0.1) is 18.7 Å². The van der Waals surface area contributed by atoms with Crippen molar-refractivity contribution in [3.8, 4) is 11.1 Å². The summed E-state index contributed by atoms with van der Waals surface area (Å²) in [5, 5.41) is 14.8. The van der Waals surface area contributed by atoms with Crippen LogP contribution in [0.5, 0.6) is 0 Å². The first-order chi connectivity index (χ1) is 18.1. The quantitative estimate of drug-likeness (QED) is 0.459. The number of hydroxylamine groups is 1. The molecule has 10 heteroatoms.